The Kier molecular flexibility index (Phi) is 49.3. The smallest absolute Gasteiger partial charge is 0.249 e. The summed E-state index contributed by atoms with van der Waals surface area (Å²) in [4.78, 5) is 12.6. The first kappa shape index (κ1) is 60.5. The number of amides is 1. The molecule has 0 aliphatic heterocycles. The maximum atomic E-state index is 12.6. The lowest BCUT2D eigenvalue weighted by atomic mass is 10.00. The van der Waals surface area contributed by atoms with E-state index in [1.54, 1.807) is 0 Å². The van der Waals surface area contributed by atoms with Gasteiger partial charge in [-0.3, -0.25) is 4.79 Å². The average Bonchev–Trinajstić information content (AvgIpc) is 3.28. The van der Waals surface area contributed by atoms with Gasteiger partial charge in [-0.05, 0) is 70.6 Å². The van der Waals surface area contributed by atoms with Crippen LogP contribution in [0.15, 0.2) is 36.5 Å². The van der Waals surface area contributed by atoms with Crippen LogP contribution in [0.1, 0.15) is 284 Å². The number of carbonyl (C=O) groups is 1. The first-order chi connectivity index (χ1) is 30.5. The third kappa shape index (κ3) is 43.8. The van der Waals surface area contributed by atoms with Gasteiger partial charge in [0.15, 0.2) is 0 Å². The van der Waals surface area contributed by atoms with Crippen molar-refractivity contribution < 1.29 is 25.2 Å². The van der Waals surface area contributed by atoms with Crippen LogP contribution >= 0.6 is 0 Å². The molecule has 0 radical (unpaired) electrons. The fourth-order valence-electron chi connectivity index (χ4n) is 8.50. The quantitative estimate of drug-likeness (QED) is 0.0309. The molecule has 4 atom stereocenters. The largest absolute Gasteiger partial charge is 0.394 e. The number of carbonyl (C=O) groups excluding carboxylic acids is 1. The van der Waals surface area contributed by atoms with Gasteiger partial charge in [0.1, 0.15) is 12.2 Å². The highest BCUT2D eigenvalue weighted by molar-refractivity contribution is 5.80. The van der Waals surface area contributed by atoms with Crippen molar-refractivity contribution in [1.29, 1.82) is 0 Å². The Morgan fingerprint density at radius 3 is 1.06 bits per heavy atom. The summed E-state index contributed by atoms with van der Waals surface area (Å²) in [5.41, 5.74) is 0. The zero-order valence-electron chi connectivity index (χ0n) is 41.4. The summed E-state index contributed by atoms with van der Waals surface area (Å²) in [6.45, 7) is 4.07. The maximum absolute atomic E-state index is 12.6. The summed E-state index contributed by atoms with van der Waals surface area (Å²) in [5.74, 6) is -0.599. The summed E-state index contributed by atoms with van der Waals surface area (Å²) in [5, 5.41) is 43.9. The van der Waals surface area contributed by atoms with Crippen molar-refractivity contribution in [2.24, 2.45) is 0 Å². The highest BCUT2D eigenvalue weighted by atomic mass is 16.3. The molecule has 0 bridgehead atoms. The van der Waals surface area contributed by atoms with Crippen LogP contribution in [0.5, 0.6) is 0 Å². The van der Waals surface area contributed by atoms with Crippen molar-refractivity contribution in [2.45, 2.75) is 308 Å². The lowest BCUT2D eigenvalue weighted by Crippen LogP contribution is -2.53. The number of hydrogen-bond acceptors (Lipinski definition) is 5. The molecular formula is C56H107NO5. The molecule has 62 heavy (non-hydrogen) atoms. The molecule has 0 fully saturated rings. The minimum atomic E-state index is -1.29. The van der Waals surface area contributed by atoms with E-state index in [0.717, 1.165) is 57.8 Å². The van der Waals surface area contributed by atoms with Crippen LogP contribution in [0, 0.1) is 0 Å². The highest BCUT2D eigenvalue weighted by Crippen LogP contribution is 2.17. The van der Waals surface area contributed by atoms with Crippen molar-refractivity contribution in [3.63, 3.8) is 0 Å². The predicted molar refractivity (Wildman–Crippen MR) is 270 cm³/mol. The van der Waals surface area contributed by atoms with Gasteiger partial charge in [0.2, 0.25) is 5.91 Å². The molecule has 4 unspecified atom stereocenters. The molecule has 0 saturated heterocycles. The van der Waals surface area contributed by atoms with Crippen LogP contribution in [-0.4, -0.2) is 57.3 Å². The first-order valence-electron chi connectivity index (χ1n) is 27.4. The molecule has 0 aromatic rings. The van der Waals surface area contributed by atoms with Crippen LogP contribution < -0.4 is 5.32 Å². The van der Waals surface area contributed by atoms with Crippen molar-refractivity contribution in [3.05, 3.63) is 36.5 Å². The van der Waals surface area contributed by atoms with Gasteiger partial charge >= 0.3 is 0 Å². The zero-order valence-corrected chi connectivity index (χ0v) is 41.4. The van der Waals surface area contributed by atoms with Crippen molar-refractivity contribution in [3.8, 4) is 0 Å². The molecule has 0 rings (SSSR count). The van der Waals surface area contributed by atoms with Crippen LogP contribution in [0.25, 0.3) is 0 Å². The Morgan fingerprint density at radius 1 is 0.403 bits per heavy atom. The van der Waals surface area contributed by atoms with Gasteiger partial charge in [-0.1, -0.05) is 249 Å². The van der Waals surface area contributed by atoms with Crippen LogP contribution in [0.2, 0.25) is 0 Å². The Labute approximate surface area is 386 Å². The number of nitrogens with one attached hydrogen (secondary N) is 1. The maximum Gasteiger partial charge on any atom is 0.249 e. The summed E-state index contributed by atoms with van der Waals surface area (Å²) >= 11 is 0. The Bertz CT molecular complexity index is 981. The monoisotopic (exact) mass is 874 g/mol. The van der Waals surface area contributed by atoms with Crippen molar-refractivity contribution in [1.82, 2.24) is 5.32 Å². The number of aliphatic hydroxyl groups is 4. The van der Waals surface area contributed by atoms with Gasteiger partial charge in [-0.25, -0.2) is 0 Å². The standard InChI is InChI=1S/C56H107NO5/c1-3-5-7-9-11-13-15-17-19-21-23-25-27-28-30-31-33-35-37-39-41-43-45-47-49-53(59)55(61)52(51-58)57-56(62)54(60)50-48-46-44-42-40-38-36-34-32-29-26-24-22-20-18-16-14-12-10-8-6-4-2/h24,26,32,34,41,43,52-55,58-61H,3-23,25,27-31,33,35-40,42,44-51H2,1-2H3,(H,57,62)/b26-24-,34-32-,43-41+. The lowest BCUT2D eigenvalue weighted by Gasteiger charge is -2.27. The van der Waals surface area contributed by atoms with Crippen molar-refractivity contribution in [2.75, 3.05) is 6.61 Å². The molecule has 0 aromatic heterocycles. The molecule has 0 aromatic carbocycles. The fourth-order valence-corrected chi connectivity index (χ4v) is 8.50. The topological polar surface area (TPSA) is 110 Å². The summed E-state index contributed by atoms with van der Waals surface area (Å²) in [6, 6.07) is -1.01. The minimum absolute atomic E-state index is 0.351. The summed E-state index contributed by atoms with van der Waals surface area (Å²) in [7, 11) is 0. The van der Waals surface area contributed by atoms with Gasteiger partial charge in [0, 0.05) is 0 Å². The third-order valence-electron chi connectivity index (χ3n) is 12.8. The SMILES string of the molecule is CCCCCCCCCCC/C=C\C/C=C\CCCCCCCCC(O)C(=O)NC(CO)C(O)C(O)CCC/C=C/CCCCCCCCCCCCCCCCCCCCC. The van der Waals surface area contributed by atoms with E-state index < -0.39 is 36.9 Å². The van der Waals surface area contributed by atoms with E-state index in [1.807, 2.05) is 0 Å². The Balaban J connectivity index is 3.70. The second kappa shape index (κ2) is 50.5. The molecule has 366 valence electrons. The fraction of sp³-hybridized carbons (Fsp3) is 0.875. The zero-order chi connectivity index (χ0) is 45.2. The van der Waals surface area contributed by atoms with Crippen molar-refractivity contribution >= 4 is 5.91 Å². The molecular weight excluding hydrogens is 767 g/mol. The molecule has 5 N–H and O–H groups in total. The van der Waals surface area contributed by atoms with E-state index in [0.29, 0.717) is 12.8 Å². The molecule has 0 saturated carbocycles. The van der Waals surface area contributed by atoms with Gasteiger partial charge in [-0.15, -0.1) is 0 Å². The first-order valence-corrected chi connectivity index (χ1v) is 27.4. The lowest BCUT2D eigenvalue weighted by molar-refractivity contribution is -0.132. The van der Waals surface area contributed by atoms with E-state index in [1.165, 1.54) is 199 Å². The molecule has 6 nitrogen and oxygen atoms in total. The van der Waals surface area contributed by atoms with E-state index in [-0.39, 0.29) is 0 Å². The molecule has 1 amide bonds. The molecule has 0 spiro atoms. The number of unbranched alkanes of at least 4 members (excludes halogenated alkanes) is 35. The Morgan fingerprint density at radius 2 is 0.710 bits per heavy atom. The second-order valence-corrected chi connectivity index (χ2v) is 18.9. The van der Waals surface area contributed by atoms with Crippen LogP contribution in [0.4, 0.5) is 0 Å². The van der Waals surface area contributed by atoms with E-state index in [9.17, 15) is 25.2 Å². The molecule has 0 heterocycles. The molecule has 0 aliphatic rings. The predicted octanol–water partition coefficient (Wildman–Crippen LogP) is 15.6. The number of hydrogen-bond donors (Lipinski definition) is 5. The van der Waals surface area contributed by atoms with E-state index >= 15 is 0 Å². The number of allylic oxidation sites excluding steroid dienone is 6. The summed E-state index contributed by atoms with van der Waals surface area (Å²) < 4.78 is 0. The number of aliphatic hydroxyl groups excluding tert-OH is 4. The van der Waals surface area contributed by atoms with Gasteiger partial charge in [0.05, 0.1) is 18.8 Å². The van der Waals surface area contributed by atoms with E-state index in [4.69, 9.17) is 0 Å². The third-order valence-corrected chi connectivity index (χ3v) is 12.8. The highest BCUT2D eigenvalue weighted by Gasteiger charge is 2.28. The van der Waals surface area contributed by atoms with E-state index in [2.05, 4.69) is 55.6 Å². The van der Waals surface area contributed by atoms with Gasteiger partial charge in [-0.2, -0.15) is 0 Å². The normalized spacial score (nSPS) is 14.1. The molecule has 6 heteroatoms. The second-order valence-electron chi connectivity index (χ2n) is 18.9. The van der Waals surface area contributed by atoms with Gasteiger partial charge < -0.3 is 25.7 Å². The molecule has 0 aliphatic carbocycles. The average molecular weight is 874 g/mol. The Hall–Kier alpha value is -1.47. The van der Waals surface area contributed by atoms with Crippen LogP contribution in [-0.2, 0) is 4.79 Å². The minimum Gasteiger partial charge on any atom is -0.394 e. The van der Waals surface area contributed by atoms with Gasteiger partial charge in [0.25, 0.3) is 0 Å². The van der Waals surface area contributed by atoms with Crippen LogP contribution in [0.3, 0.4) is 0 Å². The number of rotatable bonds is 50. The summed E-state index contributed by atoms with van der Waals surface area (Å²) in [6.07, 6.45) is 62.0.